The Balaban J connectivity index is 2.38. The number of hydrogen-bond acceptors (Lipinski definition) is 6. The summed E-state index contributed by atoms with van der Waals surface area (Å²) in [4.78, 5) is 24.1. The standard InChI is InChI=1S/C25H42N4O4/c1-19(2)10-6-4-5-7-12-24(30)28-17-20-13-14-22(23(16-20)32-3)33-18-29-25(31)21(27)11-8-9-15-26/h6,10,13-14,16,19,21H,4-5,7-9,11-12,15,17-18,26-27H2,1-3H3,(H,28,30)(H,29,31)/b10-6+/t21-/m0/s1. The van der Waals surface area contributed by atoms with Crippen molar-refractivity contribution >= 4 is 11.8 Å². The van der Waals surface area contributed by atoms with E-state index >= 15 is 0 Å². The Hall–Kier alpha value is -2.58. The summed E-state index contributed by atoms with van der Waals surface area (Å²) in [6.07, 6.45) is 10.0. The molecule has 0 aliphatic rings. The van der Waals surface area contributed by atoms with E-state index < -0.39 is 6.04 Å². The number of rotatable bonds is 17. The topological polar surface area (TPSA) is 129 Å². The number of nitrogens with one attached hydrogen (secondary N) is 2. The molecule has 8 heteroatoms. The van der Waals surface area contributed by atoms with Gasteiger partial charge in [-0.25, -0.2) is 0 Å². The molecule has 0 spiro atoms. The maximum Gasteiger partial charge on any atom is 0.239 e. The molecule has 1 atom stereocenters. The lowest BCUT2D eigenvalue weighted by Gasteiger charge is -2.15. The molecule has 33 heavy (non-hydrogen) atoms. The van der Waals surface area contributed by atoms with E-state index in [0.717, 1.165) is 37.7 Å². The Bertz CT molecular complexity index is 737. The van der Waals surface area contributed by atoms with E-state index in [1.807, 2.05) is 12.1 Å². The van der Waals surface area contributed by atoms with Crippen LogP contribution in [-0.2, 0) is 16.1 Å². The van der Waals surface area contributed by atoms with Gasteiger partial charge in [-0.05, 0) is 62.3 Å². The van der Waals surface area contributed by atoms with Crippen LogP contribution in [0.5, 0.6) is 11.5 Å². The predicted octanol–water partition coefficient (Wildman–Crippen LogP) is 2.99. The third-order valence-corrected chi connectivity index (χ3v) is 5.04. The number of ether oxygens (including phenoxy) is 2. The molecule has 1 aromatic rings. The van der Waals surface area contributed by atoms with E-state index in [-0.39, 0.29) is 18.5 Å². The molecular formula is C25H42N4O4. The van der Waals surface area contributed by atoms with Crippen molar-refractivity contribution in [3.63, 3.8) is 0 Å². The van der Waals surface area contributed by atoms with E-state index in [1.165, 1.54) is 0 Å². The molecule has 2 amide bonds. The first-order valence-electron chi connectivity index (χ1n) is 11.8. The number of unbranched alkanes of at least 4 members (excludes halogenated alkanes) is 3. The van der Waals surface area contributed by atoms with Crippen LogP contribution in [0.2, 0.25) is 0 Å². The SMILES string of the molecule is COc1cc(CNC(=O)CCCC/C=C/C(C)C)ccc1OCNC(=O)[C@@H](N)CCCCN. The summed E-state index contributed by atoms with van der Waals surface area (Å²) in [5.41, 5.74) is 12.2. The maximum atomic E-state index is 12.1. The number of hydrogen-bond donors (Lipinski definition) is 4. The average molecular weight is 463 g/mol. The van der Waals surface area contributed by atoms with Gasteiger partial charge >= 0.3 is 0 Å². The van der Waals surface area contributed by atoms with Crippen LogP contribution in [0.25, 0.3) is 0 Å². The monoisotopic (exact) mass is 462 g/mol. The molecular weight excluding hydrogens is 420 g/mol. The van der Waals surface area contributed by atoms with E-state index in [4.69, 9.17) is 20.9 Å². The minimum Gasteiger partial charge on any atom is -0.493 e. The molecule has 0 unspecified atom stereocenters. The zero-order valence-electron chi connectivity index (χ0n) is 20.4. The fraction of sp³-hybridized carbons (Fsp3) is 0.600. The van der Waals surface area contributed by atoms with Gasteiger partial charge in [-0.3, -0.25) is 9.59 Å². The first-order valence-corrected chi connectivity index (χ1v) is 11.8. The number of methoxy groups -OCH3 is 1. The van der Waals surface area contributed by atoms with E-state index in [0.29, 0.717) is 43.3 Å². The van der Waals surface area contributed by atoms with Gasteiger partial charge in [-0.1, -0.05) is 38.5 Å². The largest absolute Gasteiger partial charge is 0.493 e. The highest BCUT2D eigenvalue weighted by atomic mass is 16.5. The molecule has 0 radical (unpaired) electrons. The van der Waals surface area contributed by atoms with Crippen molar-refractivity contribution in [3.05, 3.63) is 35.9 Å². The summed E-state index contributed by atoms with van der Waals surface area (Å²) in [5, 5.41) is 5.61. The van der Waals surface area contributed by atoms with Gasteiger partial charge in [0.25, 0.3) is 0 Å². The molecule has 6 N–H and O–H groups in total. The molecule has 0 saturated heterocycles. The van der Waals surface area contributed by atoms with Crippen molar-refractivity contribution in [1.29, 1.82) is 0 Å². The fourth-order valence-electron chi connectivity index (χ4n) is 3.10. The summed E-state index contributed by atoms with van der Waals surface area (Å²) in [5.74, 6) is 1.36. The fourth-order valence-corrected chi connectivity index (χ4v) is 3.10. The molecule has 0 aromatic heterocycles. The Morgan fingerprint density at radius 1 is 1.09 bits per heavy atom. The Labute approximate surface area is 198 Å². The van der Waals surface area contributed by atoms with Gasteiger partial charge < -0.3 is 31.6 Å². The first-order chi connectivity index (χ1) is 15.9. The summed E-state index contributed by atoms with van der Waals surface area (Å²) >= 11 is 0. The van der Waals surface area contributed by atoms with Crippen LogP contribution in [0.15, 0.2) is 30.4 Å². The molecule has 0 bridgehead atoms. The van der Waals surface area contributed by atoms with E-state index in [9.17, 15) is 9.59 Å². The van der Waals surface area contributed by atoms with Crippen molar-refractivity contribution in [3.8, 4) is 11.5 Å². The molecule has 0 fully saturated rings. The second-order valence-corrected chi connectivity index (χ2v) is 8.40. The number of carbonyl (C=O) groups excluding carboxylic acids is 2. The molecule has 1 rings (SSSR count). The van der Waals surface area contributed by atoms with Gasteiger partial charge in [-0.2, -0.15) is 0 Å². The zero-order chi connectivity index (χ0) is 24.5. The second kappa shape index (κ2) is 17.0. The van der Waals surface area contributed by atoms with Gasteiger partial charge in [0.05, 0.1) is 13.2 Å². The van der Waals surface area contributed by atoms with Crippen LogP contribution < -0.4 is 31.6 Å². The number of allylic oxidation sites excluding steroid dienone is 2. The zero-order valence-corrected chi connectivity index (χ0v) is 20.4. The highest BCUT2D eigenvalue weighted by molar-refractivity contribution is 5.81. The van der Waals surface area contributed by atoms with Crippen LogP contribution in [-0.4, -0.2) is 38.2 Å². The minimum absolute atomic E-state index is 0.0117. The number of nitrogens with two attached hydrogens (primary N) is 2. The van der Waals surface area contributed by atoms with Crippen LogP contribution in [0.3, 0.4) is 0 Å². The molecule has 0 saturated carbocycles. The first kappa shape index (κ1) is 28.5. The third kappa shape index (κ3) is 12.9. The van der Waals surface area contributed by atoms with Crippen molar-refractivity contribution in [2.75, 3.05) is 20.4 Å². The number of carbonyl (C=O) groups is 2. The Kier molecular flexibility index (Phi) is 14.6. The summed E-state index contributed by atoms with van der Waals surface area (Å²) in [6, 6.07) is 4.85. The van der Waals surface area contributed by atoms with Gasteiger partial charge in [0.2, 0.25) is 11.8 Å². The Morgan fingerprint density at radius 3 is 2.58 bits per heavy atom. The van der Waals surface area contributed by atoms with Crippen LogP contribution in [0.1, 0.15) is 64.4 Å². The van der Waals surface area contributed by atoms with Gasteiger partial charge in [0.15, 0.2) is 18.2 Å². The summed E-state index contributed by atoms with van der Waals surface area (Å²) < 4.78 is 11.0. The predicted molar refractivity (Wildman–Crippen MR) is 132 cm³/mol. The lowest BCUT2D eigenvalue weighted by Crippen LogP contribution is -2.42. The molecule has 1 aromatic carbocycles. The van der Waals surface area contributed by atoms with E-state index in [1.54, 1.807) is 13.2 Å². The van der Waals surface area contributed by atoms with Crippen LogP contribution in [0.4, 0.5) is 0 Å². The summed E-state index contributed by atoms with van der Waals surface area (Å²) in [7, 11) is 1.55. The average Bonchev–Trinajstić information content (AvgIpc) is 2.80. The number of benzene rings is 1. The molecule has 8 nitrogen and oxygen atoms in total. The highest BCUT2D eigenvalue weighted by Crippen LogP contribution is 2.27. The highest BCUT2D eigenvalue weighted by Gasteiger charge is 2.13. The van der Waals surface area contributed by atoms with Crippen molar-refractivity contribution in [2.24, 2.45) is 17.4 Å². The normalized spacial score (nSPS) is 12.1. The van der Waals surface area contributed by atoms with Crippen LogP contribution in [0, 0.1) is 5.92 Å². The lowest BCUT2D eigenvalue weighted by molar-refractivity contribution is -0.123. The number of amides is 2. The molecule has 0 aliphatic heterocycles. The summed E-state index contributed by atoms with van der Waals surface area (Å²) in [6.45, 7) is 5.30. The second-order valence-electron chi connectivity index (χ2n) is 8.40. The minimum atomic E-state index is -0.579. The molecule has 186 valence electrons. The van der Waals surface area contributed by atoms with Crippen molar-refractivity contribution < 1.29 is 19.1 Å². The van der Waals surface area contributed by atoms with Gasteiger partial charge in [0, 0.05) is 13.0 Å². The van der Waals surface area contributed by atoms with E-state index in [2.05, 4.69) is 36.6 Å². The third-order valence-electron chi connectivity index (χ3n) is 5.04. The quantitative estimate of drug-likeness (QED) is 0.160. The van der Waals surface area contributed by atoms with Crippen molar-refractivity contribution in [1.82, 2.24) is 10.6 Å². The van der Waals surface area contributed by atoms with Crippen molar-refractivity contribution in [2.45, 2.75) is 71.4 Å². The van der Waals surface area contributed by atoms with Gasteiger partial charge in [0.1, 0.15) is 0 Å². The van der Waals surface area contributed by atoms with Gasteiger partial charge in [-0.15, -0.1) is 0 Å². The van der Waals surface area contributed by atoms with Crippen LogP contribution >= 0.6 is 0 Å². The molecule has 0 heterocycles. The maximum absolute atomic E-state index is 12.1. The molecule has 0 aliphatic carbocycles. The Morgan fingerprint density at radius 2 is 1.88 bits per heavy atom. The smallest absolute Gasteiger partial charge is 0.239 e. The lowest BCUT2D eigenvalue weighted by atomic mass is 10.1.